The van der Waals surface area contributed by atoms with Crippen molar-refractivity contribution in [2.45, 2.75) is 90.9 Å². The van der Waals surface area contributed by atoms with Gasteiger partial charge < -0.3 is 19.8 Å². The number of hydrogen-bond acceptors (Lipinski definition) is 4. The molecule has 0 atom stereocenters. The van der Waals surface area contributed by atoms with Gasteiger partial charge in [0.1, 0.15) is 0 Å². The summed E-state index contributed by atoms with van der Waals surface area (Å²) in [5.74, 6) is -2.96. The summed E-state index contributed by atoms with van der Waals surface area (Å²) in [6, 6.07) is 0. The Morgan fingerprint density at radius 2 is 1.00 bits per heavy atom. The summed E-state index contributed by atoms with van der Waals surface area (Å²) in [5, 5.41) is 22.7. The fourth-order valence-electron chi connectivity index (χ4n) is 2.68. The molecule has 0 spiro atoms. The molecule has 0 aliphatic rings. The second-order valence-electron chi connectivity index (χ2n) is 5.99. The minimum atomic E-state index is -1.79. The van der Waals surface area contributed by atoms with Crippen LogP contribution >= 0.6 is 0 Å². The van der Waals surface area contributed by atoms with Crippen LogP contribution in [0.15, 0.2) is 0 Å². The predicted octanol–water partition coefficient (Wildman–Crippen LogP) is 1.81. The van der Waals surface area contributed by atoms with Gasteiger partial charge in [0.2, 0.25) is 0 Å². The van der Waals surface area contributed by atoms with E-state index >= 15 is 0 Å². The van der Waals surface area contributed by atoms with Gasteiger partial charge in [-0.3, -0.25) is 0 Å². The van der Waals surface area contributed by atoms with E-state index in [1.807, 2.05) is 0 Å². The molecule has 0 N–H and O–H groups in total. The van der Waals surface area contributed by atoms with E-state index in [9.17, 15) is 19.8 Å². The fraction of sp³-hybridized carbons (Fsp3) is 0.882. The topological polar surface area (TPSA) is 80.3 Å². The van der Waals surface area contributed by atoms with Crippen molar-refractivity contribution >= 4 is 35.0 Å². The van der Waals surface area contributed by atoms with Crippen molar-refractivity contribution in [3.05, 3.63) is 0 Å². The van der Waals surface area contributed by atoms with E-state index in [1.54, 1.807) is 0 Å². The second kappa shape index (κ2) is 14.3. The van der Waals surface area contributed by atoms with Gasteiger partial charge in [0, 0.05) is 5.41 Å². The summed E-state index contributed by atoms with van der Waals surface area (Å²) in [4.78, 5) is 22.7. The molecular weight excluding hydrogens is 292 g/mol. The molecule has 0 rings (SSSR count). The Hall–Kier alpha value is -0.294. The molecule has 0 radical (unpaired) electrons. The Morgan fingerprint density at radius 3 is 1.27 bits per heavy atom. The van der Waals surface area contributed by atoms with Crippen molar-refractivity contribution in [1.29, 1.82) is 0 Å². The first-order chi connectivity index (χ1) is 10.0. The number of unbranched alkanes of at least 4 members (excludes halogenated alkanes) is 8. The average Bonchev–Trinajstić information content (AvgIpc) is 2.44. The number of carboxylic acids is 2. The zero-order valence-electron chi connectivity index (χ0n) is 14.3. The number of carboxylic acid groups (broad SMARTS) is 2. The Bertz CT molecular complexity index is 275. The Morgan fingerprint density at radius 1 is 0.682 bits per heavy atom. The molecule has 0 aromatic rings. The van der Waals surface area contributed by atoms with E-state index in [0.717, 1.165) is 51.4 Å². The van der Waals surface area contributed by atoms with Crippen molar-refractivity contribution < 1.29 is 19.8 Å². The molecular formula is C17H30MgO4. The SMILES string of the molecule is CCCCCCCC(CCCCCCC)(C(=O)[O-])C(=O)[O-].[Mg+2]. The van der Waals surface area contributed by atoms with Crippen LogP contribution in [0, 0.1) is 5.41 Å². The zero-order chi connectivity index (χ0) is 16.1. The van der Waals surface area contributed by atoms with E-state index in [4.69, 9.17) is 0 Å². The summed E-state index contributed by atoms with van der Waals surface area (Å²) >= 11 is 0. The third-order valence-corrected chi connectivity index (χ3v) is 4.20. The molecule has 0 heterocycles. The van der Waals surface area contributed by atoms with Gasteiger partial charge in [-0.1, -0.05) is 78.1 Å². The zero-order valence-corrected chi connectivity index (χ0v) is 15.7. The minimum Gasteiger partial charge on any atom is -0.549 e. The summed E-state index contributed by atoms with van der Waals surface area (Å²) in [6.45, 7) is 4.20. The van der Waals surface area contributed by atoms with Crippen molar-refractivity contribution in [2.24, 2.45) is 5.41 Å². The number of rotatable bonds is 14. The van der Waals surface area contributed by atoms with Crippen LogP contribution in [-0.2, 0) is 9.59 Å². The normalized spacial score (nSPS) is 11.0. The first-order valence-corrected chi connectivity index (χ1v) is 8.44. The van der Waals surface area contributed by atoms with E-state index < -0.39 is 17.4 Å². The van der Waals surface area contributed by atoms with Gasteiger partial charge in [0.25, 0.3) is 0 Å². The molecule has 0 aromatic heterocycles. The molecule has 5 heteroatoms. The van der Waals surface area contributed by atoms with Crippen LogP contribution in [0.4, 0.5) is 0 Å². The maximum absolute atomic E-state index is 11.4. The van der Waals surface area contributed by atoms with E-state index in [-0.39, 0.29) is 35.9 Å². The standard InChI is InChI=1S/C17H32O4.Mg/c1-3-5-7-9-11-13-17(15(18)19,16(20)21)14-12-10-8-6-4-2;/h3-14H2,1-2H3,(H,18,19)(H,20,21);/q;+2/p-2. The number of hydrogen-bond donors (Lipinski definition) is 0. The fourth-order valence-corrected chi connectivity index (χ4v) is 2.68. The van der Waals surface area contributed by atoms with Gasteiger partial charge >= 0.3 is 23.1 Å². The quantitative estimate of drug-likeness (QED) is 0.277. The van der Waals surface area contributed by atoms with E-state index in [2.05, 4.69) is 13.8 Å². The maximum Gasteiger partial charge on any atom is 2.00 e. The smallest absolute Gasteiger partial charge is 0.549 e. The van der Waals surface area contributed by atoms with E-state index in [0.29, 0.717) is 12.8 Å². The molecule has 0 saturated heterocycles. The second-order valence-corrected chi connectivity index (χ2v) is 5.99. The summed E-state index contributed by atoms with van der Waals surface area (Å²) < 4.78 is 0. The monoisotopic (exact) mass is 322 g/mol. The van der Waals surface area contributed by atoms with Crippen LogP contribution in [0.2, 0.25) is 0 Å². The average molecular weight is 323 g/mol. The molecule has 0 saturated carbocycles. The predicted molar refractivity (Wildman–Crippen MR) is 85.0 cm³/mol. The third kappa shape index (κ3) is 8.98. The van der Waals surface area contributed by atoms with Crippen LogP contribution in [0.1, 0.15) is 90.9 Å². The van der Waals surface area contributed by atoms with Crippen LogP contribution in [0.5, 0.6) is 0 Å². The summed E-state index contributed by atoms with van der Waals surface area (Å²) in [7, 11) is 0. The van der Waals surface area contributed by atoms with Gasteiger partial charge in [-0.15, -0.1) is 0 Å². The molecule has 0 amide bonds. The Labute approximate surface area is 151 Å². The molecule has 0 fully saturated rings. The van der Waals surface area contributed by atoms with Crippen molar-refractivity contribution in [2.75, 3.05) is 0 Å². The molecule has 0 aromatic carbocycles. The molecule has 0 aliphatic heterocycles. The molecule has 124 valence electrons. The number of carbonyl (C=O) groups excluding carboxylic acids is 2. The van der Waals surface area contributed by atoms with Crippen molar-refractivity contribution in [3.8, 4) is 0 Å². The van der Waals surface area contributed by atoms with E-state index in [1.165, 1.54) is 0 Å². The van der Waals surface area contributed by atoms with Crippen LogP contribution in [0.3, 0.4) is 0 Å². The Kier molecular flexibility index (Phi) is 15.6. The molecule has 0 aliphatic carbocycles. The number of carbonyl (C=O) groups is 2. The van der Waals surface area contributed by atoms with Crippen LogP contribution < -0.4 is 10.2 Å². The van der Waals surface area contributed by atoms with Gasteiger partial charge in [-0.2, -0.15) is 0 Å². The van der Waals surface area contributed by atoms with Crippen molar-refractivity contribution in [3.63, 3.8) is 0 Å². The minimum absolute atomic E-state index is 0. The summed E-state index contributed by atoms with van der Waals surface area (Å²) in [5.41, 5.74) is -1.79. The first-order valence-electron chi connectivity index (χ1n) is 8.44. The van der Waals surface area contributed by atoms with Gasteiger partial charge in [0.15, 0.2) is 0 Å². The third-order valence-electron chi connectivity index (χ3n) is 4.20. The van der Waals surface area contributed by atoms with Gasteiger partial charge in [-0.05, 0) is 12.8 Å². The molecule has 22 heavy (non-hydrogen) atoms. The van der Waals surface area contributed by atoms with Gasteiger partial charge in [0.05, 0.1) is 11.9 Å². The summed E-state index contributed by atoms with van der Waals surface area (Å²) in [6.07, 6.45) is 9.65. The van der Waals surface area contributed by atoms with Crippen LogP contribution in [-0.4, -0.2) is 35.0 Å². The molecule has 4 nitrogen and oxygen atoms in total. The van der Waals surface area contributed by atoms with Gasteiger partial charge in [-0.25, -0.2) is 0 Å². The molecule has 0 unspecified atom stereocenters. The van der Waals surface area contributed by atoms with Crippen LogP contribution in [0.25, 0.3) is 0 Å². The largest absolute Gasteiger partial charge is 2.00 e. The maximum atomic E-state index is 11.4. The first kappa shape index (κ1) is 24.0. The molecule has 0 bridgehead atoms. The Balaban J connectivity index is 0. The van der Waals surface area contributed by atoms with Crippen molar-refractivity contribution in [1.82, 2.24) is 0 Å². The number of aliphatic carboxylic acids is 2.